The molecule has 0 saturated carbocycles. The molecule has 0 fully saturated rings. The van der Waals surface area contributed by atoms with Gasteiger partial charge in [0.1, 0.15) is 0 Å². The molecule has 0 aliphatic carbocycles. The van der Waals surface area contributed by atoms with Gasteiger partial charge in [-0.05, 0) is 66.2 Å². The Kier molecular flexibility index (Phi) is 5.41. The van der Waals surface area contributed by atoms with Crippen LogP contribution in [0.3, 0.4) is 0 Å². The summed E-state index contributed by atoms with van der Waals surface area (Å²) in [4.78, 5) is 0. The molecule has 0 radical (unpaired) electrons. The number of hydrogen-bond donors (Lipinski definition) is 1. The van der Waals surface area contributed by atoms with E-state index in [0.717, 1.165) is 26.7 Å². The van der Waals surface area contributed by atoms with Gasteiger partial charge in [0.2, 0.25) is 0 Å². The summed E-state index contributed by atoms with van der Waals surface area (Å²) in [6.45, 7) is 5.39. The summed E-state index contributed by atoms with van der Waals surface area (Å²) in [5.74, 6) is 0. The molecule has 0 amide bonds. The second-order valence-electron chi connectivity index (χ2n) is 4.48. The quantitative estimate of drug-likeness (QED) is 0.712. The summed E-state index contributed by atoms with van der Waals surface area (Å²) in [6, 6.07) is 6.62. The van der Waals surface area contributed by atoms with Gasteiger partial charge in [-0.2, -0.15) is 5.10 Å². The molecule has 0 aliphatic rings. The van der Waals surface area contributed by atoms with E-state index in [9.17, 15) is 0 Å². The zero-order valence-corrected chi connectivity index (χ0v) is 14.8. The number of nitrogens with one attached hydrogen (secondary N) is 1. The lowest BCUT2D eigenvalue weighted by atomic mass is 10.1. The fourth-order valence-corrected chi connectivity index (χ4v) is 2.75. The van der Waals surface area contributed by atoms with E-state index in [4.69, 9.17) is 0 Å². The molecule has 2 rings (SSSR count). The molecule has 3 nitrogen and oxygen atoms in total. The van der Waals surface area contributed by atoms with Gasteiger partial charge in [0.25, 0.3) is 0 Å². The van der Waals surface area contributed by atoms with Crippen molar-refractivity contribution in [2.45, 2.75) is 26.3 Å². The minimum absolute atomic E-state index is 0.300. The first-order valence-corrected chi connectivity index (χ1v) is 8.22. The molecule has 0 spiro atoms. The first-order valence-electron chi connectivity index (χ1n) is 6.35. The highest BCUT2D eigenvalue weighted by Crippen LogP contribution is 2.25. The standard InChI is InChI=1S/C14H17BrIN3/c1-3-6-17-10(2)13-7-11(15)4-5-14(13)19-9-12(16)8-18-19/h4-5,7-10,17H,3,6H2,1-2H3. The molecule has 1 heterocycles. The van der Waals surface area contributed by atoms with Crippen LogP contribution in [0.25, 0.3) is 5.69 Å². The summed E-state index contributed by atoms with van der Waals surface area (Å²) in [6.07, 6.45) is 5.05. The van der Waals surface area contributed by atoms with Crippen LogP contribution in [0, 0.1) is 3.57 Å². The molecule has 2 aromatic rings. The van der Waals surface area contributed by atoms with E-state index in [-0.39, 0.29) is 0 Å². The molecule has 1 atom stereocenters. The Bertz CT molecular complexity index is 553. The van der Waals surface area contributed by atoms with Crippen molar-refractivity contribution in [3.05, 3.63) is 44.2 Å². The van der Waals surface area contributed by atoms with Crippen molar-refractivity contribution >= 4 is 38.5 Å². The van der Waals surface area contributed by atoms with Gasteiger partial charge in [0.05, 0.1) is 15.5 Å². The fourth-order valence-electron chi connectivity index (χ4n) is 1.98. The Hall–Kier alpha value is -0.400. The van der Waals surface area contributed by atoms with E-state index in [1.54, 1.807) is 0 Å². The third-order valence-corrected chi connectivity index (χ3v) is 4.00. The van der Waals surface area contributed by atoms with Gasteiger partial charge in [-0.3, -0.25) is 0 Å². The molecule has 0 aliphatic heterocycles. The van der Waals surface area contributed by atoms with E-state index in [2.05, 4.69) is 81.0 Å². The van der Waals surface area contributed by atoms with Crippen molar-refractivity contribution in [1.82, 2.24) is 15.1 Å². The Morgan fingerprint density at radius 2 is 2.26 bits per heavy atom. The Morgan fingerprint density at radius 3 is 2.89 bits per heavy atom. The molecular weight excluding hydrogens is 417 g/mol. The SMILES string of the molecule is CCCNC(C)c1cc(Br)ccc1-n1cc(I)cn1. The van der Waals surface area contributed by atoms with Crippen molar-refractivity contribution in [2.24, 2.45) is 0 Å². The average Bonchev–Trinajstić information content (AvgIpc) is 2.82. The highest BCUT2D eigenvalue weighted by molar-refractivity contribution is 14.1. The largest absolute Gasteiger partial charge is 0.310 e. The van der Waals surface area contributed by atoms with Crippen LogP contribution in [0.5, 0.6) is 0 Å². The van der Waals surface area contributed by atoms with Crippen LogP contribution in [0.2, 0.25) is 0 Å². The normalized spacial score (nSPS) is 12.6. The first kappa shape index (κ1) is 15.0. The van der Waals surface area contributed by atoms with Crippen LogP contribution < -0.4 is 5.32 Å². The van der Waals surface area contributed by atoms with E-state index < -0.39 is 0 Å². The zero-order valence-electron chi connectivity index (χ0n) is 11.0. The van der Waals surface area contributed by atoms with E-state index in [1.165, 1.54) is 5.56 Å². The van der Waals surface area contributed by atoms with Crippen LogP contribution >= 0.6 is 38.5 Å². The second-order valence-corrected chi connectivity index (χ2v) is 6.64. The molecule has 1 aromatic heterocycles. The van der Waals surface area contributed by atoms with E-state index >= 15 is 0 Å². The van der Waals surface area contributed by atoms with Gasteiger partial charge < -0.3 is 5.32 Å². The zero-order chi connectivity index (χ0) is 13.8. The number of hydrogen-bond acceptors (Lipinski definition) is 2. The van der Waals surface area contributed by atoms with Crippen molar-refractivity contribution in [1.29, 1.82) is 0 Å². The highest BCUT2D eigenvalue weighted by Gasteiger charge is 2.12. The van der Waals surface area contributed by atoms with Crippen molar-refractivity contribution in [2.75, 3.05) is 6.54 Å². The predicted molar refractivity (Wildman–Crippen MR) is 90.7 cm³/mol. The third-order valence-electron chi connectivity index (χ3n) is 2.95. The summed E-state index contributed by atoms with van der Waals surface area (Å²) < 4.78 is 4.17. The smallest absolute Gasteiger partial charge is 0.0694 e. The fraction of sp³-hybridized carbons (Fsp3) is 0.357. The van der Waals surface area contributed by atoms with Crippen LogP contribution in [0.1, 0.15) is 31.9 Å². The molecule has 102 valence electrons. The molecule has 1 aromatic carbocycles. The Morgan fingerprint density at radius 1 is 1.47 bits per heavy atom. The average molecular weight is 434 g/mol. The summed E-state index contributed by atoms with van der Waals surface area (Å²) in [5.41, 5.74) is 2.38. The lowest BCUT2D eigenvalue weighted by Crippen LogP contribution is -2.20. The highest BCUT2D eigenvalue weighted by atomic mass is 127. The third kappa shape index (κ3) is 3.79. The molecule has 1 N–H and O–H groups in total. The maximum atomic E-state index is 4.41. The lowest BCUT2D eigenvalue weighted by Gasteiger charge is -2.18. The van der Waals surface area contributed by atoms with Crippen LogP contribution in [0.4, 0.5) is 0 Å². The topological polar surface area (TPSA) is 29.9 Å². The van der Waals surface area contributed by atoms with Crippen LogP contribution in [-0.4, -0.2) is 16.3 Å². The molecule has 1 unspecified atom stereocenters. The lowest BCUT2D eigenvalue weighted by molar-refractivity contribution is 0.567. The second kappa shape index (κ2) is 6.85. The van der Waals surface area contributed by atoms with Gasteiger partial charge in [0.15, 0.2) is 0 Å². The van der Waals surface area contributed by atoms with Crippen molar-refractivity contribution in [3.8, 4) is 5.69 Å². The Balaban J connectivity index is 2.37. The van der Waals surface area contributed by atoms with Gasteiger partial charge >= 0.3 is 0 Å². The van der Waals surface area contributed by atoms with Gasteiger partial charge in [-0.25, -0.2) is 4.68 Å². The maximum absolute atomic E-state index is 4.41. The Labute approximate surface area is 136 Å². The maximum Gasteiger partial charge on any atom is 0.0694 e. The molecule has 0 saturated heterocycles. The molecule has 19 heavy (non-hydrogen) atoms. The number of aromatic nitrogens is 2. The van der Waals surface area contributed by atoms with Crippen molar-refractivity contribution < 1.29 is 0 Å². The van der Waals surface area contributed by atoms with E-state index in [0.29, 0.717) is 6.04 Å². The minimum Gasteiger partial charge on any atom is -0.310 e. The van der Waals surface area contributed by atoms with Gasteiger partial charge in [0, 0.05) is 16.7 Å². The number of halogens is 2. The van der Waals surface area contributed by atoms with Crippen LogP contribution in [0.15, 0.2) is 35.1 Å². The summed E-state index contributed by atoms with van der Waals surface area (Å²) >= 11 is 5.83. The van der Waals surface area contributed by atoms with Crippen molar-refractivity contribution in [3.63, 3.8) is 0 Å². The predicted octanol–water partition coefficient (Wildman–Crippen LogP) is 4.30. The monoisotopic (exact) mass is 433 g/mol. The molecular formula is C14H17BrIN3. The number of nitrogens with zero attached hydrogens (tertiary/aromatic N) is 2. The number of rotatable bonds is 5. The van der Waals surface area contributed by atoms with E-state index in [1.807, 2.05) is 17.1 Å². The summed E-state index contributed by atoms with van der Waals surface area (Å²) in [5, 5.41) is 7.93. The molecule has 0 bridgehead atoms. The minimum atomic E-state index is 0.300. The van der Waals surface area contributed by atoms with Gasteiger partial charge in [-0.15, -0.1) is 0 Å². The summed E-state index contributed by atoms with van der Waals surface area (Å²) in [7, 11) is 0. The van der Waals surface area contributed by atoms with Gasteiger partial charge in [-0.1, -0.05) is 22.9 Å². The first-order chi connectivity index (χ1) is 9.11. The number of benzene rings is 1. The molecule has 5 heteroatoms. The van der Waals surface area contributed by atoms with Crippen LogP contribution in [-0.2, 0) is 0 Å².